The Hall–Kier alpha value is -1.89. The van der Waals surface area contributed by atoms with Crippen LogP contribution in [0, 0.1) is 5.41 Å². The van der Waals surface area contributed by atoms with E-state index in [1.807, 2.05) is 18.2 Å². The van der Waals surface area contributed by atoms with Crippen LogP contribution >= 0.6 is 11.6 Å². The summed E-state index contributed by atoms with van der Waals surface area (Å²) in [6.07, 6.45) is 2.32. The molecule has 1 saturated heterocycles. The molecule has 6 nitrogen and oxygen atoms in total. The molecule has 1 aromatic carbocycles. The Kier molecular flexibility index (Phi) is 7.24. The van der Waals surface area contributed by atoms with Crippen molar-refractivity contribution < 1.29 is 9.53 Å². The van der Waals surface area contributed by atoms with E-state index >= 15 is 0 Å². The fourth-order valence-electron chi connectivity index (χ4n) is 2.52. The summed E-state index contributed by atoms with van der Waals surface area (Å²) in [4.78, 5) is 16.5. The van der Waals surface area contributed by atoms with E-state index in [-0.39, 0.29) is 11.6 Å². The van der Waals surface area contributed by atoms with Crippen molar-refractivity contribution in [3.05, 3.63) is 46.6 Å². The third kappa shape index (κ3) is 5.33. The number of amides is 1. The lowest BCUT2D eigenvalue weighted by molar-refractivity contribution is -0.128. The summed E-state index contributed by atoms with van der Waals surface area (Å²) < 4.78 is 5.34. The molecule has 1 aliphatic heterocycles. The first-order valence-corrected chi connectivity index (χ1v) is 8.28. The van der Waals surface area contributed by atoms with Gasteiger partial charge in [0.25, 0.3) is 5.91 Å². The quantitative estimate of drug-likeness (QED) is 0.576. The highest BCUT2D eigenvalue weighted by Gasteiger charge is 2.19. The number of carbonyl (C=O) groups is 1. The van der Waals surface area contributed by atoms with E-state index in [9.17, 15) is 4.79 Å². The van der Waals surface area contributed by atoms with Crippen molar-refractivity contribution in [3.8, 4) is 0 Å². The predicted molar refractivity (Wildman–Crippen MR) is 95.2 cm³/mol. The molecule has 7 heteroatoms. The van der Waals surface area contributed by atoms with Gasteiger partial charge >= 0.3 is 0 Å². The number of nitrogens with two attached hydrogens (primary N) is 1. The lowest BCUT2D eigenvalue weighted by atomic mass is 10.2. The molecule has 0 bridgehead atoms. The predicted octanol–water partition coefficient (Wildman–Crippen LogP) is 1.49. The molecule has 1 aliphatic rings. The minimum absolute atomic E-state index is 0.0547. The van der Waals surface area contributed by atoms with Crippen molar-refractivity contribution >= 4 is 23.7 Å². The number of carbonyl (C=O) groups excluding carboxylic acids is 1. The van der Waals surface area contributed by atoms with E-state index in [4.69, 9.17) is 27.5 Å². The van der Waals surface area contributed by atoms with E-state index in [1.54, 1.807) is 11.0 Å². The molecular formula is C17H23ClN4O2. The number of nitrogens with one attached hydrogen (secondary N) is 1. The molecule has 1 amide bonds. The first kappa shape index (κ1) is 18.4. The van der Waals surface area contributed by atoms with Crippen LogP contribution in [0.4, 0.5) is 0 Å². The summed E-state index contributed by atoms with van der Waals surface area (Å²) in [5.74, 6) is -0.285. The van der Waals surface area contributed by atoms with Crippen molar-refractivity contribution in [2.24, 2.45) is 5.73 Å². The van der Waals surface area contributed by atoms with Gasteiger partial charge in [-0.15, -0.1) is 0 Å². The normalized spacial score (nSPS) is 16.0. The summed E-state index contributed by atoms with van der Waals surface area (Å²) in [6.45, 7) is 4.83. The summed E-state index contributed by atoms with van der Waals surface area (Å²) in [6, 6.07) is 7.45. The van der Waals surface area contributed by atoms with Crippen molar-refractivity contribution in [2.75, 3.05) is 39.4 Å². The lowest BCUT2D eigenvalue weighted by Gasteiger charge is -2.30. The highest BCUT2D eigenvalue weighted by atomic mass is 35.5. The molecule has 0 unspecified atom stereocenters. The van der Waals surface area contributed by atoms with E-state index in [2.05, 4.69) is 4.90 Å². The Labute approximate surface area is 147 Å². The second kappa shape index (κ2) is 9.42. The van der Waals surface area contributed by atoms with Crippen LogP contribution in [0.1, 0.15) is 5.56 Å². The molecule has 1 aromatic rings. The van der Waals surface area contributed by atoms with Gasteiger partial charge in [-0.3, -0.25) is 9.69 Å². The highest BCUT2D eigenvalue weighted by molar-refractivity contribution is 6.31. The van der Waals surface area contributed by atoms with E-state index in [1.165, 1.54) is 6.08 Å². The van der Waals surface area contributed by atoms with Crippen LogP contribution in [-0.4, -0.2) is 61.3 Å². The van der Waals surface area contributed by atoms with E-state index < -0.39 is 0 Å². The minimum Gasteiger partial charge on any atom is -0.394 e. The number of allylic oxidation sites excluding steroid dienone is 1. The molecule has 24 heavy (non-hydrogen) atoms. The fourth-order valence-corrected chi connectivity index (χ4v) is 2.71. The molecular weight excluding hydrogens is 328 g/mol. The zero-order valence-electron chi connectivity index (χ0n) is 13.6. The SMILES string of the molecule is N=C/C=C(\N)C(=O)N(CCN1CCOCC1)Cc1ccccc1Cl. The summed E-state index contributed by atoms with van der Waals surface area (Å²) >= 11 is 6.22. The average molecular weight is 351 g/mol. The van der Waals surface area contributed by atoms with Crippen LogP contribution in [0.3, 0.4) is 0 Å². The highest BCUT2D eigenvalue weighted by Crippen LogP contribution is 2.17. The summed E-state index contributed by atoms with van der Waals surface area (Å²) in [7, 11) is 0. The Balaban J connectivity index is 2.08. The number of benzene rings is 1. The van der Waals surface area contributed by atoms with Gasteiger partial charge in [-0.2, -0.15) is 0 Å². The molecule has 0 spiro atoms. The largest absolute Gasteiger partial charge is 0.394 e. The van der Waals surface area contributed by atoms with E-state index in [0.29, 0.717) is 31.3 Å². The van der Waals surface area contributed by atoms with Crippen LogP contribution in [-0.2, 0) is 16.1 Å². The monoisotopic (exact) mass is 350 g/mol. The first-order chi connectivity index (χ1) is 11.6. The molecule has 0 aromatic heterocycles. The van der Waals surface area contributed by atoms with E-state index in [0.717, 1.165) is 31.4 Å². The minimum atomic E-state index is -0.285. The smallest absolute Gasteiger partial charge is 0.270 e. The number of rotatable bonds is 7. The number of nitrogens with zero attached hydrogens (tertiary/aromatic N) is 2. The summed E-state index contributed by atoms with van der Waals surface area (Å²) in [5.41, 5.74) is 6.71. The number of hydrogen-bond acceptors (Lipinski definition) is 5. The van der Waals surface area contributed by atoms with Crippen LogP contribution < -0.4 is 5.73 Å². The van der Waals surface area contributed by atoms with Crippen molar-refractivity contribution in [1.29, 1.82) is 5.41 Å². The average Bonchev–Trinajstić information content (AvgIpc) is 2.60. The molecule has 0 saturated carbocycles. The maximum Gasteiger partial charge on any atom is 0.270 e. The van der Waals surface area contributed by atoms with Crippen molar-refractivity contribution in [1.82, 2.24) is 9.80 Å². The third-order valence-electron chi connectivity index (χ3n) is 3.91. The Morgan fingerprint density at radius 2 is 2.08 bits per heavy atom. The standard InChI is InChI=1S/C17H23ClN4O2/c18-15-4-2-1-3-14(15)13-22(17(23)16(20)5-6-19)8-7-21-9-11-24-12-10-21/h1-6,19H,7-13,20H2/b16-5-,19-6?. The molecule has 2 rings (SSSR count). The van der Waals surface area contributed by atoms with Crippen LogP contribution in [0.5, 0.6) is 0 Å². The molecule has 1 heterocycles. The maximum absolute atomic E-state index is 12.6. The number of ether oxygens (including phenoxy) is 1. The zero-order chi connectivity index (χ0) is 17.4. The number of hydrogen-bond donors (Lipinski definition) is 2. The van der Waals surface area contributed by atoms with Gasteiger partial charge in [0.05, 0.1) is 18.9 Å². The van der Waals surface area contributed by atoms with Crippen LogP contribution in [0.2, 0.25) is 5.02 Å². The van der Waals surface area contributed by atoms with Gasteiger partial charge in [-0.25, -0.2) is 0 Å². The second-order valence-corrected chi connectivity index (χ2v) is 5.97. The first-order valence-electron chi connectivity index (χ1n) is 7.91. The molecule has 0 aliphatic carbocycles. The van der Waals surface area contributed by atoms with Gasteiger partial charge in [-0.05, 0) is 17.7 Å². The van der Waals surface area contributed by atoms with Gasteiger partial charge < -0.3 is 20.8 Å². The fraction of sp³-hybridized carbons (Fsp3) is 0.412. The van der Waals surface area contributed by atoms with Gasteiger partial charge in [0.1, 0.15) is 0 Å². The molecule has 0 atom stereocenters. The lowest BCUT2D eigenvalue weighted by Crippen LogP contribution is -2.43. The number of halogens is 1. The molecule has 0 radical (unpaired) electrons. The Morgan fingerprint density at radius 3 is 2.75 bits per heavy atom. The third-order valence-corrected chi connectivity index (χ3v) is 4.27. The van der Waals surface area contributed by atoms with Gasteiger partial charge in [0, 0.05) is 44.0 Å². The molecule has 3 N–H and O–H groups in total. The van der Waals surface area contributed by atoms with Crippen LogP contribution in [0.25, 0.3) is 0 Å². The second-order valence-electron chi connectivity index (χ2n) is 5.56. The topological polar surface area (TPSA) is 82.6 Å². The van der Waals surface area contributed by atoms with Crippen LogP contribution in [0.15, 0.2) is 36.0 Å². The Bertz CT molecular complexity index is 600. The van der Waals surface area contributed by atoms with Gasteiger partial charge in [0.2, 0.25) is 0 Å². The zero-order valence-corrected chi connectivity index (χ0v) is 14.3. The summed E-state index contributed by atoms with van der Waals surface area (Å²) in [5, 5.41) is 7.71. The van der Waals surface area contributed by atoms with Crippen molar-refractivity contribution in [2.45, 2.75) is 6.54 Å². The van der Waals surface area contributed by atoms with Crippen molar-refractivity contribution in [3.63, 3.8) is 0 Å². The number of morpholine rings is 1. The van der Waals surface area contributed by atoms with Gasteiger partial charge in [-0.1, -0.05) is 29.8 Å². The van der Waals surface area contributed by atoms with Gasteiger partial charge in [0.15, 0.2) is 0 Å². The Morgan fingerprint density at radius 1 is 1.38 bits per heavy atom. The maximum atomic E-state index is 12.6. The molecule has 1 fully saturated rings. The molecule has 130 valence electrons.